The highest BCUT2D eigenvalue weighted by Crippen LogP contribution is 2.19. The van der Waals surface area contributed by atoms with Crippen LogP contribution in [-0.4, -0.2) is 40.0 Å². The summed E-state index contributed by atoms with van der Waals surface area (Å²) in [6, 6.07) is 6.82. The predicted molar refractivity (Wildman–Crippen MR) is 102 cm³/mol. The molecule has 136 valence electrons. The van der Waals surface area contributed by atoms with Crippen molar-refractivity contribution in [2.24, 2.45) is 0 Å². The number of fused-ring (bicyclic) bond motifs is 1. The van der Waals surface area contributed by atoms with Crippen molar-refractivity contribution in [2.45, 2.75) is 32.4 Å². The molecule has 2 aromatic heterocycles. The molecule has 3 aromatic rings. The molecule has 3 heterocycles. The molecule has 0 saturated carbocycles. The van der Waals surface area contributed by atoms with Gasteiger partial charge in [0, 0.05) is 60.7 Å². The number of hydrogen-bond acceptors (Lipinski definition) is 4. The van der Waals surface area contributed by atoms with E-state index in [1.54, 1.807) is 12.1 Å². The molecule has 0 radical (unpaired) electrons. The van der Waals surface area contributed by atoms with E-state index >= 15 is 0 Å². The molecule has 26 heavy (non-hydrogen) atoms. The van der Waals surface area contributed by atoms with Gasteiger partial charge in [-0.3, -0.25) is 4.90 Å². The van der Waals surface area contributed by atoms with Crippen LogP contribution in [0.15, 0.2) is 36.7 Å². The standard InChI is InChI=1S/C20H24FN5/c1-25(14-18-10-16-9-17(21)5-6-19(16)24-18)13-15-11-22-20(23-12-15)26-7-3-2-4-8-26/h5-6,9-12,24H,2-4,7-8,13-14H2,1H3. The van der Waals surface area contributed by atoms with Crippen molar-refractivity contribution in [3.8, 4) is 0 Å². The molecule has 0 aliphatic carbocycles. The highest BCUT2D eigenvalue weighted by molar-refractivity contribution is 5.80. The summed E-state index contributed by atoms with van der Waals surface area (Å²) >= 11 is 0. The Kier molecular flexibility index (Phi) is 4.84. The first kappa shape index (κ1) is 17.0. The maximum absolute atomic E-state index is 13.3. The zero-order chi connectivity index (χ0) is 17.9. The van der Waals surface area contributed by atoms with Crippen LogP contribution in [0, 0.1) is 5.82 Å². The van der Waals surface area contributed by atoms with Crippen LogP contribution in [0.4, 0.5) is 10.3 Å². The molecule has 0 amide bonds. The molecule has 5 nitrogen and oxygen atoms in total. The molecule has 0 spiro atoms. The molecule has 4 rings (SSSR count). The lowest BCUT2D eigenvalue weighted by Gasteiger charge is -2.26. The van der Waals surface area contributed by atoms with Gasteiger partial charge in [-0.25, -0.2) is 14.4 Å². The molecule has 1 aliphatic heterocycles. The third-order valence-corrected chi connectivity index (χ3v) is 4.86. The zero-order valence-corrected chi connectivity index (χ0v) is 15.1. The van der Waals surface area contributed by atoms with Crippen molar-refractivity contribution in [3.63, 3.8) is 0 Å². The maximum Gasteiger partial charge on any atom is 0.225 e. The van der Waals surface area contributed by atoms with E-state index in [2.05, 4.69) is 31.8 Å². The second-order valence-corrected chi connectivity index (χ2v) is 7.14. The molecule has 1 aliphatic rings. The number of benzene rings is 1. The number of halogens is 1. The van der Waals surface area contributed by atoms with Crippen LogP contribution in [0.25, 0.3) is 10.9 Å². The molecule has 1 saturated heterocycles. The summed E-state index contributed by atoms with van der Waals surface area (Å²) in [5, 5.41) is 0.905. The van der Waals surface area contributed by atoms with E-state index in [-0.39, 0.29) is 5.82 Å². The molecule has 0 bridgehead atoms. The second-order valence-electron chi connectivity index (χ2n) is 7.14. The number of rotatable bonds is 5. The molecule has 6 heteroatoms. The van der Waals surface area contributed by atoms with E-state index in [1.165, 1.54) is 25.3 Å². The molecular formula is C20H24FN5. The lowest BCUT2D eigenvalue weighted by molar-refractivity contribution is 0.315. The number of aromatic nitrogens is 3. The fourth-order valence-corrected chi connectivity index (χ4v) is 3.59. The number of anilines is 1. The first-order valence-electron chi connectivity index (χ1n) is 9.19. The molecule has 1 fully saturated rings. The van der Waals surface area contributed by atoms with Gasteiger partial charge in [-0.15, -0.1) is 0 Å². The molecular weight excluding hydrogens is 329 g/mol. The smallest absolute Gasteiger partial charge is 0.225 e. The summed E-state index contributed by atoms with van der Waals surface area (Å²) in [6.07, 6.45) is 7.60. The zero-order valence-electron chi connectivity index (χ0n) is 15.1. The van der Waals surface area contributed by atoms with E-state index in [1.807, 2.05) is 18.5 Å². The van der Waals surface area contributed by atoms with Gasteiger partial charge in [0.05, 0.1) is 0 Å². The summed E-state index contributed by atoms with van der Waals surface area (Å²) in [5.74, 6) is 0.635. The fraction of sp³-hybridized carbons (Fsp3) is 0.400. The van der Waals surface area contributed by atoms with Crippen molar-refractivity contribution in [3.05, 3.63) is 53.7 Å². The summed E-state index contributed by atoms with van der Waals surface area (Å²) in [6.45, 7) is 3.63. The van der Waals surface area contributed by atoms with Crippen LogP contribution < -0.4 is 4.90 Å². The van der Waals surface area contributed by atoms with Gasteiger partial charge in [0.2, 0.25) is 5.95 Å². The maximum atomic E-state index is 13.3. The fourth-order valence-electron chi connectivity index (χ4n) is 3.59. The normalized spacial score (nSPS) is 15.1. The van der Waals surface area contributed by atoms with Crippen LogP contribution in [-0.2, 0) is 13.1 Å². The summed E-state index contributed by atoms with van der Waals surface area (Å²) in [4.78, 5) is 16.9. The largest absolute Gasteiger partial charge is 0.357 e. The Balaban J connectivity index is 1.38. The minimum Gasteiger partial charge on any atom is -0.357 e. The Morgan fingerprint density at radius 3 is 2.62 bits per heavy atom. The van der Waals surface area contributed by atoms with Gasteiger partial charge in [0.1, 0.15) is 5.82 Å². The van der Waals surface area contributed by atoms with Crippen LogP contribution in [0.3, 0.4) is 0 Å². The minimum atomic E-state index is -0.206. The van der Waals surface area contributed by atoms with Crippen LogP contribution in [0.1, 0.15) is 30.5 Å². The van der Waals surface area contributed by atoms with Gasteiger partial charge in [-0.2, -0.15) is 0 Å². The predicted octanol–water partition coefficient (Wildman–Crippen LogP) is 3.72. The van der Waals surface area contributed by atoms with Crippen molar-refractivity contribution in [1.29, 1.82) is 0 Å². The highest BCUT2D eigenvalue weighted by atomic mass is 19.1. The molecule has 1 aromatic carbocycles. The Morgan fingerprint density at radius 2 is 1.85 bits per heavy atom. The quantitative estimate of drug-likeness (QED) is 0.759. The Morgan fingerprint density at radius 1 is 1.08 bits per heavy atom. The van der Waals surface area contributed by atoms with Crippen molar-refractivity contribution >= 4 is 16.9 Å². The third-order valence-electron chi connectivity index (χ3n) is 4.86. The highest BCUT2D eigenvalue weighted by Gasteiger charge is 2.13. The van der Waals surface area contributed by atoms with E-state index in [9.17, 15) is 4.39 Å². The number of piperidine rings is 1. The van der Waals surface area contributed by atoms with Gasteiger partial charge in [0.15, 0.2) is 0 Å². The number of nitrogens with zero attached hydrogens (tertiary/aromatic N) is 4. The first-order chi connectivity index (χ1) is 12.7. The van der Waals surface area contributed by atoms with E-state index in [0.29, 0.717) is 0 Å². The van der Waals surface area contributed by atoms with Gasteiger partial charge in [-0.1, -0.05) is 0 Å². The topological polar surface area (TPSA) is 48.1 Å². The average Bonchev–Trinajstić information content (AvgIpc) is 3.04. The summed E-state index contributed by atoms with van der Waals surface area (Å²) in [5.41, 5.74) is 3.12. The summed E-state index contributed by atoms with van der Waals surface area (Å²) < 4.78 is 13.3. The second kappa shape index (κ2) is 7.41. The van der Waals surface area contributed by atoms with E-state index < -0.39 is 0 Å². The van der Waals surface area contributed by atoms with Gasteiger partial charge in [-0.05, 0) is 50.6 Å². The monoisotopic (exact) mass is 353 g/mol. The Hall–Kier alpha value is -2.47. The third kappa shape index (κ3) is 3.85. The molecule has 0 unspecified atom stereocenters. The number of H-pyrrole nitrogens is 1. The van der Waals surface area contributed by atoms with Crippen LogP contribution in [0.2, 0.25) is 0 Å². The van der Waals surface area contributed by atoms with Crippen LogP contribution >= 0.6 is 0 Å². The lowest BCUT2D eigenvalue weighted by Crippen LogP contribution is -2.31. The SMILES string of the molecule is CN(Cc1cnc(N2CCCCC2)nc1)Cc1cc2cc(F)ccc2[nH]1. The van der Waals surface area contributed by atoms with Crippen molar-refractivity contribution < 1.29 is 4.39 Å². The lowest BCUT2D eigenvalue weighted by atomic mass is 10.1. The Bertz CT molecular complexity index is 868. The molecule has 0 atom stereocenters. The van der Waals surface area contributed by atoms with E-state index in [4.69, 9.17) is 0 Å². The van der Waals surface area contributed by atoms with Crippen molar-refractivity contribution in [1.82, 2.24) is 19.9 Å². The molecule has 1 N–H and O–H groups in total. The first-order valence-corrected chi connectivity index (χ1v) is 9.19. The van der Waals surface area contributed by atoms with Gasteiger partial charge >= 0.3 is 0 Å². The van der Waals surface area contributed by atoms with Gasteiger partial charge < -0.3 is 9.88 Å². The Labute approximate surface area is 152 Å². The average molecular weight is 353 g/mol. The van der Waals surface area contributed by atoms with Crippen LogP contribution in [0.5, 0.6) is 0 Å². The number of aromatic amines is 1. The number of nitrogens with one attached hydrogen (secondary N) is 1. The summed E-state index contributed by atoms with van der Waals surface area (Å²) in [7, 11) is 2.06. The number of hydrogen-bond donors (Lipinski definition) is 1. The minimum absolute atomic E-state index is 0.206. The van der Waals surface area contributed by atoms with Crippen molar-refractivity contribution in [2.75, 3.05) is 25.0 Å². The van der Waals surface area contributed by atoms with E-state index in [0.717, 1.165) is 54.3 Å². The van der Waals surface area contributed by atoms with Gasteiger partial charge in [0.25, 0.3) is 0 Å².